The minimum absolute atomic E-state index is 0.0926. The number of benzene rings is 1. The predicted molar refractivity (Wildman–Crippen MR) is 68.5 cm³/mol. The van der Waals surface area contributed by atoms with Crippen molar-refractivity contribution in [3.8, 4) is 0 Å². The van der Waals surface area contributed by atoms with Gasteiger partial charge in [-0.2, -0.15) is 13.2 Å². The van der Waals surface area contributed by atoms with Gasteiger partial charge in [-0.25, -0.2) is 8.42 Å². The van der Waals surface area contributed by atoms with Gasteiger partial charge in [-0.05, 0) is 24.6 Å². The molecular weight excluding hydrogens is 342 g/mol. The van der Waals surface area contributed by atoms with E-state index in [1.54, 1.807) is 0 Å². The van der Waals surface area contributed by atoms with Crippen LogP contribution in [0.25, 0.3) is 0 Å². The van der Waals surface area contributed by atoms with Crippen LogP contribution in [-0.2, 0) is 13.8 Å². The number of anilines is 1. The highest BCUT2D eigenvalue weighted by atomic mass is 35.7. The quantitative estimate of drug-likeness (QED) is 0.849. The fourth-order valence-electron chi connectivity index (χ4n) is 1.38. The molecule has 1 N–H and O–H groups in total. The van der Waals surface area contributed by atoms with E-state index in [0.717, 1.165) is 12.1 Å². The summed E-state index contributed by atoms with van der Waals surface area (Å²) in [5, 5.41) is 1.76. The van der Waals surface area contributed by atoms with Crippen molar-refractivity contribution in [3.63, 3.8) is 0 Å². The van der Waals surface area contributed by atoms with Crippen LogP contribution in [0.2, 0.25) is 5.02 Å². The van der Waals surface area contributed by atoms with Gasteiger partial charge in [-0.3, -0.25) is 4.79 Å². The summed E-state index contributed by atoms with van der Waals surface area (Å²) in [6, 6.07) is 2.04. The highest BCUT2D eigenvalue weighted by Crippen LogP contribution is 2.31. The number of carbonyl (C=O) groups excluding carboxylic acids is 1. The summed E-state index contributed by atoms with van der Waals surface area (Å²) >= 11 is 5.74. The summed E-state index contributed by atoms with van der Waals surface area (Å²) in [5.41, 5.74) is 0.0808. The Morgan fingerprint density at radius 2 is 1.90 bits per heavy atom. The molecule has 0 atom stereocenters. The minimum atomic E-state index is -4.65. The van der Waals surface area contributed by atoms with Crippen LogP contribution >= 0.6 is 22.3 Å². The monoisotopic (exact) mass is 349 g/mol. The summed E-state index contributed by atoms with van der Waals surface area (Å²) in [6.45, 7) is 1.38. The second-order valence-electron chi connectivity index (χ2n) is 3.87. The van der Waals surface area contributed by atoms with E-state index in [-0.39, 0.29) is 21.2 Å². The third kappa shape index (κ3) is 4.84. The Kier molecular flexibility index (Phi) is 4.94. The Morgan fingerprint density at radius 1 is 1.35 bits per heavy atom. The van der Waals surface area contributed by atoms with Gasteiger partial charge < -0.3 is 5.32 Å². The molecule has 20 heavy (non-hydrogen) atoms. The summed E-state index contributed by atoms with van der Waals surface area (Å²) in [5.74, 6) is -1.30. The zero-order valence-corrected chi connectivity index (χ0v) is 12.2. The summed E-state index contributed by atoms with van der Waals surface area (Å²) < 4.78 is 58.4. The second-order valence-corrected chi connectivity index (χ2v) is 6.85. The summed E-state index contributed by atoms with van der Waals surface area (Å²) in [7, 11) is 1.10. The van der Waals surface area contributed by atoms with Crippen molar-refractivity contribution in [2.75, 3.05) is 5.32 Å². The van der Waals surface area contributed by atoms with Crippen LogP contribution < -0.4 is 5.32 Å². The third-order valence-electron chi connectivity index (χ3n) is 2.17. The first-order chi connectivity index (χ1) is 8.90. The maximum absolute atomic E-state index is 12.0. The van der Waals surface area contributed by atoms with E-state index in [1.807, 2.05) is 5.32 Å². The van der Waals surface area contributed by atoms with Crippen molar-refractivity contribution in [2.24, 2.45) is 0 Å². The highest BCUT2D eigenvalue weighted by Gasteiger charge is 2.31. The van der Waals surface area contributed by atoms with E-state index in [9.17, 15) is 26.4 Å². The van der Waals surface area contributed by atoms with Gasteiger partial charge in [0.05, 0.1) is 15.6 Å². The van der Waals surface area contributed by atoms with Gasteiger partial charge in [0.1, 0.15) is 6.42 Å². The normalized spacial score (nSPS) is 12.3. The molecule has 0 saturated heterocycles. The van der Waals surface area contributed by atoms with Crippen LogP contribution in [0.3, 0.4) is 0 Å². The molecule has 0 aliphatic heterocycles. The first kappa shape index (κ1) is 17.1. The largest absolute Gasteiger partial charge is 0.397 e. The van der Waals surface area contributed by atoms with Crippen LogP contribution in [0.4, 0.5) is 18.9 Å². The molecule has 0 unspecified atom stereocenters. The topological polar surface area (TPSA) is 63.2 Å². The van der Waals surface area contributed by atoms with Crippen LogP contribution in [-0.4, -0.2) is 20.5 Å². The molecule has 1 rings (SSSR count). The Hall–Kier alpha value is -0.990. The summed E-state index contributed by atoms with van der Waals surface area (Å²) in [4.78, 5) is 10.9. The van der Waals surface area contributed by atoms with Gasteiger partial charge >= 0.3 is 6.18 Å². The van der Waals surface area contributed by atoms with E-state index in [0.29, 0.717) is 0 Å². The van der Waals surface area contributed by atoms with Crippen LogP contribution in [0.5, 0.6) is 0 Å². The van der Waals surface area contributed by atoms with Crippen molar-refractivity contribution < 1.29 is 26.4 Å². The first-order valence-corrected chi connectivity index (χ1v) is 7.70. The number of carbonyl (C=O) groups is 1. The molecule has 4 nitrogen and oxygen atoms in total. The van der Waals surface area contributed by atoms with E-state index in [2.05, 4.69) is 0 Å². The number of alkyl halides is 3. The summed E-state index contributed by atoms with van der Waals surface area (Å²) in [6.07, 6.45) is -6.32. The van der Waals surface area contributed by atoms with Crippen molar-refractivity contribution in [2.45, 2.75) is 24.4 Å². The van der Waals surface area contributed by atoms with Crippen molar-refractivity contribution in [1.82, 2.24) is 0 Å². The first-order valence-electron chi connectivity index (χ1n) is 5.01. The maximum atomic E-state index is 12.0. The van der Waals surface area contributed by atoms with Gasteiger partial charge in [-0.15, -0.1) is 0 Å². The van der Waals surface area contributed by atoms with E-state index in [1.165, 1.54) is 6.92 Å². The Labute approximate surface area is 122 Å². The van der Waals surface area contributed by atoms with E-state index in [4.69, 9.17) is 22.3 Å². The van der Waals surface area contributed by atoms with Crippen LogP contribution in [0.15, 0.2) is 17.0 Å². The molecule has 112 valence electrons. The Balaban J connectivity index is 3.07. The van der Waals surface area contributed by atoms with Gasteiger partial charge in [0.25, 0.3) is 9.05 Å². The van der Waals surface area contributed by atoms with Crippen molar-refractivity contribution >= 4 is 42.9 Å². The number of aryl methyl sites for hydroxylation is 1. The molecule has 0 aliphatic rings. The number of amides is 1. The zero-order chi connectivity index (χ0) is 15.7. The van der Waals surface area contributed by atoms with Gasteiger partial charge in [0.15, 0.2) is 0 Å². The fraction of sp³-hybridized carbons (Fsp3) is 0.300. The molecule has 1 aromatic rings. The average molecular weight is 350 g/mol. The lowest BCUT2D eigenvalue weighted by Crippen LogP contribution is -2.21. The predicted octanol–water partition coefficient (Wildman–Crippen LogP) is 3.47. The SMILES string of the molecule is Cc1cc(S(=O)(=O)Cl)cc(Cl)c1NC(=O)CC(F)(F)F. The minimum Gasteiger partial charge on any atom is -0.324 e. The van der Waals surface area contributed by atoms with Crippen LogP contribution in [0, 0.1) is 6.92 Å². The number of halogens is 5. The molecule has 0 aromatic heterocycles. The maximum Gasteiger partial charge on any atom is 0.397 e. The Bertz CT molecular complexity index is 621. The zero-order valence-electron chi connectivity index (χ0n) is 9.88. The van der Waals surface area contributed by atoms with Crippen LogP contribution in [0.1, 0.15) is 12.0 Å². The van der Waals surface area contributed by atoms with Gasteiger partial charge in [0.2, 0.25) is 5.91 Å². The number of rotatable bonds is 3. The molecule has 0 bridgehead atoms. The molecule has 0 aliphatic carbocycles. The van der Waals surface area contributed by atoms with Crippen molar-refractivity contribution in [3.05, 3.63) is 22.7 Å². The lowest BCUT2D eigenvalue weighted by molar-refractivity contribution is -0.150. The highest BCUT2D eigenvalue weighted by molar-refractivity contribution is 8.13. The number of hydrogen-bond donors (Lipinski definition) is 1. The molecule has 0 radical (unpaired) electrons. The molecule has 1 aromatic carbocycles. The van der Waals surface area contributed by atoms with Gasteiger partial charge in [-0.1, -0.05) is 11.6 Å². The molecular formula is C10H8Cl2F3NO3S. The second kappa shape index (κ2) is 5.79. The molecule has 10 heteroatoms. The molecule has 0 heterocycles. The smallest absolute Gasteiger partial charge is 0.324 e. The molecule has 0 fully saturated rings. The van der Waals surface area contributed by atoms with Gasteiger partial charge in [0, 0.05) is 10.7 Å². The molecule has 0 spiro atoms. The average Bonchev–Trinajstić information content (AvgIpc) is 2.19. The third-order valence-corrected chi connectivity index (χ3v) is 3.80. The van der Waals surface area contributed by atoms with Crippen molar-refractivity contribution in [1.29, 1.82) is 0 Å². The molecule has 0 saturated carbocycles. The fourth-order valence-corrected chi connectivity index (χ4v) is 2.60. The standard InChI is InChI=1S/C10H8Cl2F3NO3S/c1-5-2-6(20(12,18)19)3-7(11)9(5)16-8(17)4-10(13,14)15/h2-3H,4H2,1H3,(H,16,17). The Morgan fingerprint density at radius 3 is 2.30 bits per heavy atom. The lowest BCUT2D eigenvalue weighted by atomic mass is 10.2. The number of hydrogen-bond acceptors (Lipinski definition) is 3. The number of nitrogens with one attached hydrogen (secondary N) is 1. The van der Waals surface area contributed by atoms with E-state index < -0.39 is 27.6 Å². The molecule has 1 amide bonds. The lowest BCUT2D eigenvalue weighted by Gasteiger charge is -2.12. The van der Waals surface area contributed by atoms with E-state index >= 15 is 0 Å².